The third-order valence-corrected chi connectivity index (χ3v) is 11.5. The number of aryl methyl sites for hydroxylation is 1. The van der Waals surface area contributed by atoms with E-state index in [0.29, 0.717) is 11.6 Å². The van der Waals surface area contributed by atoms with Crippen LogP contribution in [0.1, 0.15) is 71.8 Å². The lowest BCUT2D eigenvalue weighted by Gasteiger charge is -2.68. The highest BCUT2D eigenvalue weighted by Crippen LogP contribution is 2.74. The second-order valence-corrected chi connectivity index (χ2v) is 13.3. The number of carbonyl (C=O) groups excluding carboxylic acids is 2. The highest BCUT2D eigenvalue weighted by Gasteiger charge is 2.73. The van der Waals surface area contributed by atoms with Crippen molar-refractivity contribution in [2.45, 2.75) is 73.1 Å². The zero-order valence-electron chi connectivity index (χ0n) is 22.2. The fourth-order valence-corrected chi connectivity index (χ4v) is 9.91. The van der Waals surface area contributed by atoms with Crippen molar-refractivity contribution in [2.75, 3.05) is 4.90 Å². The minimum absolute atomic E-state index is 0.0331. The van der Waals surface area contributed by atoms with E-state index in [9.17, 15) is 19.5 Å². The summed E-state index contributed by atoms with van der Waals surface area (Å²) in [6.07, 6.45) is 7.58. The van der Waals surface area contributed by atoms with Gasteiger partial charge >= 0.3 is 5.97 Å². The van der Waals surface area contributed by atoms with Gasteiger partial charge in [-0.2, -0.15) is 0 Å². The molecule has 1 spiro atoms. The standard InChI is InChI=1S/C31H39NO4/c1-17(2)21-16-31-14-11-22-29(4,12-6-13-30(22,5)28(35)36)23(31)15-20(21)24-25(31)27(34)32(26(24)33)19-9-7-18(3)8-10-19/h7-10,16-17,20,22-25H,6,11-15H2,1-5H3,(H,35,36)/t20?,22?,23?,24-,25+,29+,30-,31?/m1/s1. The number of imide groups is 1. The van der Waals surface area contributed by atoms with Crippen LogP contribution < -0.4 is 4.90 Å². The summed E-state index contributed by atoms with van der Waals surface area (Å²) in [6, 6.07) is 7.72. The topological polar surface area (TPSA) is 74.7 Å². The van der Waals surface area contributed by atoms with Gasteiger partial charge < -0.3 is 5.11 Å². The van der Waals surface area contributed by atoms with Crippen LogP contribution in [0.3, 0.4) is 0 Å². The summed E-state index contributed by atoms with van der Waals surface area (Å²) in [5.74, 6) is -0.679. The maximum Gasteiger partial charge on any atom is 0.309 e. The molecule has 5 heteroatoms. The van der Waals surface area contributed by atoms with E-state index in [0.717, 1.165) is 44.1 Å². The first-order valence-corrected chi connectivity index (χ1v) is 13.9. The third-order valence-electron chi connectivity index (χ3n) is 11.5. The Morgan fingerprint density at radius 2 is 1.72 bits per heavy atom. The van der Waals surface area contributed by atoms with E-state index in [4.69, 9.17) is 0 Å². The lowest BCUT2D eigenvalue weighted by atomic mass is 9.34. The van der Waals surface area contributed by atoms with Crippen LogP contribution in [0.15, 0.2) is 35.9 Å². The van der Waals surface area contributed by atoms with Crippen molar-refractivity contribution in [3.05, 3.63) is 41.5 Å². The Bertz CT molecular complexity index is 1180. The number of anilines is 1. The van der Waals surface area contributed by atoms with Crippen molar-refractivity contribution < 1.29 is 19.5 Å². The fraction of sp³-hybridized carbons (Fsp3) is 0.645. The van der Waals surface area contributed by atoms with E-state index in [1.165, 1.54) is 10.5 Å². The van der Waals surface area contributed by atoms with Crippen molar-refractivity contribution in [1.29, 1.82) is 0 Å². The highest BCUT2D eigenvalue weighted by molar-refractivity contribution is 6.23. The Hall–Kier alpha value is -2.43. The molecule has 0 radical (unpaired) electrons. The molecule has 1 N–H and O–H groups in total. The average molecular weight is 490 g/mol. The SMILES string of the molecule is Cc1ccc(N2C(=O)[C@@H]3C4CC5C(C=C4C(C)C)(CCC4[C@]5(C)CCC[C@@]4(C)C(=O)O)[C@@H]3C2=O)cc1. The number of benzene rings is 1. The molecule has 0 aromatic heterocycles. The third kappa shape index (κ3) is 2.80. The zero-order valence-corrected chi connectivity index (χ0v) is 22.2. The molecule has 5 aliphatic carbocycles. The number of rotatable bonds is 3. The van der Waals surface area contributed by atoms with Gasteiger partial charge in [0, 0.05) is 5.41 Å². The minimum Gasteiger partial charge on any atom is -0.481 e. The van der Waals surface area contributed by atoms with Crippen molar-refractivity contribution in [1.82, 2.24) is 0 Å². The van der Waals surface area contributed by atoms with Gasteiger partial charge in [0.05, 0.1) is 22.9 Å². The van der Waals surface area contributed by atoms with Gasteiger partial charge in [-0.05, 0) is 87.2 Å². The molecular formula is C31H39NO4. The van der Waals surface area contributed by atoms with Crippen LogP contribution in [-0.2, 0) is 14.4 Å². The molecule has 7 rings (SSSR count). The molecule has 1 aliphatic heterocycles. The molecule has 36 heavy (non-hydrogen) atoms. The van der Waals surface area contributed by atoms with Crippen LogP contribution in [0.4, 0.5) is 5.69 Å². The van der Waals surface area contributed by atoms with Crippen molar-refractivity contribution in [3.63, 3.8) is 0 Å². The summed E-state index contributed by atoms with van der Waals surface area (Å²) >= 11 is 0. The van der Waals surface area contributed by atoms with Gasteiger partial charge in [-0.25, -0.2) is 0 Å². The molecule has 1 aromatic carbocycles. The Labute approximate surface area is 214 Å². The monoisotopic (exact) mass is 489 g/mol. The van der Waals surface area contributed by atoms with E-state index < -0.39 is 11.4 Å². The summed E-state index contributed by atoms with van der Waals surface area (Å²) in [5.41, 5.74) is 1.89. The van der Waals surface area contributed by atoms with Gasteiger partial charge in [0.1, 0.15) is 0 Å². The van der Waals surface area contributed by atoms with E-state index >= 15 is 0 Å². The fourth-order valence-electron chi connectivity index (χ4n) is 9.91. The Morgan fingerprint density at radius 1 is 1.03 bits per heavy atom. The Morgan fingerprint density at radius 3 is 2.36 bits per heavy atom. The largest absolute Gasteiger partial charge is 0.481 e. The molecule has 1 heterocycles. The smallest absolute Gasteiger partial charge is 0.309 e. The van der Waals surface area contributed by atoms with Gasteiger partial charge in [-0.15, -0.1) is 0 Å². The summed E-state index contributed by atoms with van der Waals surface area (Å²) in [7, 11) is 0. The summed E-state index contributed by atoms with van der Waals surface area (Å²) in [5, 5.41) is 10.3. The van der Waals surface area contributed by atoms with Crippen molar-refractivity contribution >= 4 is 23.5 Å². The summed E-state index contributed by atoms with van der Waals surface area (Å²) < 4.78 is 0. The quantitative estimate of drug-likeness (QED) is 0.417. The number of nitrogens with zero attached hydrogens (tertiary/aromatic N) is 1. The molecule has 1 saturated heterocycles. The number of allylic oxidation sites excluding steroid dienone is 2. The number of aliphatic carboxylic acids is 1. The number of amides is 2. The molecule has 4 unspecified atom stereocenters. The Balaban J connectivity index is 1.49. The number of carboxylic acid groups (broad SMARTS) is 1. The molecule has 5 nitrogen and oxygen atoms in total. The van der Waals surface area contributed by atoms with Crippen LogP contribution in [-0.4, -0.2) is 22.9 Å². The van der Waals surface area contributed by atoms with Crippen LogP contribution in [0.25, 0.3) is 0 Å². The van der Waals surface area contributed by atoms with Crippen LogP contribution >= 0.6 is 0 Å². The van der Waals surface area contributed by atoms with Gasteiger partial charge in [0.15, 0.2) is 0 Å². The predicted molar refractivity (Wildman–Crippen MR) is 138 cm³/mol. The number of hydrogen-bond donors (Lipinski definition) is 1. The molecule has 1 aromatic rings. The molecule has 4 fully saturated rings. The van der Waals surface area contributed by atoms with Gasteiger partial charge in [-0.1, -0.05) is 56.5 Å². The van der Waals surface area contributed by atoms with E-state index in [-0.39, 0.29) is 52.2 Å². The molecule has 6 aliphatic rings. The average Bonchev–Trinajstić information content (AvgIpc) is 3.11. The maximum atomic E-state index is 14.2. The van der Waals surface area contributed by atoms with Gasteiger partial charge in [-0.3, -0.25) is 19.3 Å². The first-order valence-electron chi connectivity index (χ1n) is 13.9. The molecule has 8 atom stereocenters. The number of hydrogen-bond acceptors (Lipinski definition) is 3. The summed E-state index contributed by atoms with van der Waals surface area (Å²) in [6.45, 7) is 10.7. The molecule has 192 valence electrons. The first-order chi connectivity index (χ1) is 17.0. The lowest BCUT2D eigenvalue weighted by Crippen LogP contribution is -2.65. The second kappa shape index (κ2) is 7.55. The van der Waals surface area contributed by atoms with Crippen LogP contribution in [0, 0.1) is 58.7 Å². The predicted octanol–water partition coefficient (Wildman–Crippen LogP) is 6.01. The summed E-state index contributed by atoms with van der Waals surface area (Å²) in [4.78, 5) is 42.3. The van der Waals surface area contributed by atoms with E-state index in [2.05, 4.69) is 26.8 Å². The van der Waals surface area contributed by atoms with Crippen LogP contribution in [0.2, 0.25) is 0 Å². The molecule has 2 amide bonds. The van der Waals surface area contributed by atoms with Gasteiger partial charge in [0.25, 0.3) is 0 Å². The maximum absolute atomic E-state index is 14.2. The lowest BCUT2D eigenvalue weighted by molar-refractivity contribution is -0.194. The van der Waals surface area contributed by atoms with Crippen molar-refractivity contribution in [2.24, 2.45) is 51.8 Å². The normalized spacial score (nSPS) is 43.2. The van der Waals surface area contributed by atoms with E-state index in [1.807, 2.05) is 38.1 Å². The second-order valence-electron chi connectivity index (χ2n) is 13.3. The molecule has 2 bridgehead atoms. The Kier molecular flexibility index (Phi) is 5.02. The van der Waals surface area contributed by atoms with Crippen LogP contribution in [0.5, 0.6) is 0 Å². The van der Waals surface area contributed by atoms with E-state index in [1.54, 1.807) is 0 Å². The van der Waals surface area contributed by atoms with Gasteiger partial charge in [0.2, 0.25) is 11.8 Å². The zero-order chi connectivity index (χ0) is 25.8. The number of fused-ring (bicyclic) bond motifs is 1. The molecule has 3 saturated carbocycles. The molecular weight excluding hydrogens is 450 g/mol. The first kappa shape index (κ1) is 23.9. The number of carboxylic acids is 1. The highest BCUT2D eigenvalue weighted by atomic mass is 16.4. The van der Waals surface area contributed by atoms with Crippen molar-refractivity contribution in [3.8, 4) is 0 Å². The number of carbonyl (C=O) groups is 3. The minimum atomic E-state index is -0.723.